The number of amides is 2. The molecule has 1 aliphatic carbocycles. The Labute approximate surface area is 141 Å². The summed E-state index contributed by atoms with van der Waals surface area (Å²) in [6, 6.07) is 8.21. The van der Waals surface area contributed by atoms with Gasteiger partial charge in [-0.25, -0.2) is 9.78 Å². The van der Waals surface area contributed by atoms with Gasteiger partial charge < -0.3 is 15.6 Å². The van der Waals surface area contributed by atoms with Crippen LogP contribution in [-0.2, 0) is 0 Å². The standard InChI is InChI=1S/C17H23ClN4O/c18-9-4-10-19-17(23)20-13-6-3-5-12(11-13)16-21-14-7-1-2-8-15(14)22-16/h1-2,7-8,12-13H,3-6,9-11H2,(H,21,22)(H2,19,20,23)/t12-,13+/m0/s1. The minimum Gasteiger partial charge on any atom is -0.342 e. The Hall–Kier alpha value is -1.75. The van der Waals surface area contributed by atoms with Gasteiger partial charge in [-0.15, -0.1) is 11.6 Å². The van der Waals surface area contributed by atoms with Crippen molar-refractivity contribution in [2.24, 2.45) is 0 Å². The van der Waals surface area contributed by atoms with Gasteiger partial charge in [-0.1, -0.05) is 18.6 Å². The minimum atomic E-state index is -0.0922. The van der Waals surface area contributed by atoms with Crippen LogP contribution < -0.4 is 10.6 Å². The number of H-pyrrole nitrogens is 1. The number of fused-ring (bicyclic) bond motifs is 1. The van der Waals surface area contributed by atoms with E-state index in [1.165, 1.54) is 0 Å². The molecule has 1 saturated carbocycles. The van der Waals surface area contributed by atoms with Crippen molar-refractivity contribution in [2.45, 2.75) is 44.1 Å². The van der Waals surface area contributed by atoms with Crippen LogP contribution in [0.3, 0.4) is 0 Å². The zero-order valence-corrected chi connectivity index (χ0v) is 13.9. The molecule has 0 aliphatic heterocycles. The van der Waals surface area contributed by atoms with E-state index in [9.17, 15) is 4.79 Å². The number of aromatic nitrogens is 2. The monoisotopic (exact) mass is 334 g/mol. The van der Waals surface area contributed by atoms with Crippen LogP contribution >= 0.6 is 11.6 Å². The number of carbonyl (C=O) groups excluding carboxylic acids is 1. The third-order valence-corrected chi connectivity index (χ3v) is 4.67. The van der Waals surface area contributed by atoms with Crippen LogP contribution in [0.2, 0.25) is 0 Å². The molecule has 2 amide bonds. The maximum absolute atomic E-state index is 11.9. The number of carbonyl (C=O) groups is 1. The van der Waals surface area contributed by atoms with Crippen molar-refractivity contribution in [1.82, 2.24) is 20.6 Å². The lowest BCUT2D eigenvalue weighted by molar-refractivity contribution is 0.230. The Balaban J connectivity index is 1.58. The summed E-state index contributed by atoms with van der Waals surface area (Å²) < 4.78 is 0. The van der Waals surface area contributed by atoms with Gasteiger partial charge in [0.05, 0.1) is 11.0 Å². The summed E-state index contributed by atoms with van der Waals surface area (Å²) in [5, 5.41) is 5.93. The first kappa shape index (κ1) is 16.1. The summed E-state index contributed by atoms with van der Waals surface area (Å²) >= 11 is 5.62. The molecule has 0 saturated heterocycles. The first-order valence-corrected chi connectivity index (χ1v) is 8.84. The van der Waals surface area contributed by atoms with Crippen LogP contribution in [0.1, 0.15) is 43.8 Å². The molecule has 1 heterocycles. The van der Waals surface area contributed by atoms with E-state index in [4.69, 9.17) is 16.6 Å². The van der Waals surface area contributed by atoms with Gasteiger partial charge in [-0.05, 0) is 37.8 Å². The van der Waals surface area contributed by atoms with Gasteiger partial charge in [0, 0.05) is 24.4 Å². The molecule has 2 aromatic rings. The molecule has 23 heavy (non-hydrogen) atoms. The van der Waals surface area contributed by atoms with Gasteiger partial charge in [0.25, 0.3) is 0 Å². The van der Waals surface area contributed by atoms with Crippen LogP contribution in [-0.4, -0.2) is 34.5 Å². The van der Waals surface area contributed by atoms with E-state index in [1.54, 1.807) is 0 Å². The molecular weight excluding hydrogens is 312 g/mol. The fraction of sp³-hybridized carbons (Fsp3) is 0.529. The second-order valence-electron chi connectivity index (χ2n) is 6.14. The number of nitrogens with zero attached hydrogens (tertiary/aromatic N) is 1. The predicted octanol–water partition coefficient (Wildman–Crippen LogP) is 3.52. The van der Waals surface area contributed by atoms with Crippen LogP contribution in [0.25, 0.3) is 11.0 Å². The quantitative estimate of drug-likeness (QED) is 0.578. The number of nitrogens with one attached hydrogen (secondary N) is 3. The topological polar surface area (TPSA) is 69.8 Å². The highest BCUT2D eigenvalue weighted by atomic mass is 35.5. The predicted molar refractivity (Wildman–Crippen MR) is 93.0 cm³/mol. The van der Waals surface area contributed by atoms with Crippen LogP contribution in [0, 0.1) is 0 Å². The van der Waals surface area contributed by atoms with Crippen molar-refractivity contribution >= 4 is 28.7 Å². The molecule has 2 atom stereocenters. The summed E-state index contributed by atoms with van der Waals surface area (Å²) in [5.74, 6) is 1.99. The lowest BCUT2D eigenvalue weighted by atomic mass is 9.85. The summed E-state index contributed by atoms with van der Waals surface area (Å²) in [6.45, 7) is 0.620. The summed E-state index contributed by atoms with van der Waals surface area (Å²) in [4.78, 5) is 20.0. The van der Waals surface area contributed by atoms with E-state index in [2.05, 4.69) is 21.7 Å². The Kier molecular flexibility index (Phi) is 5.39. The van der Waals surface area contributed by atoms with Crippen molar-refractivity contribution in [3.63, 3.8) is 0 Å². The van der Waals surface area contributed by atoms with Crippen molar-refractivity contribution in [2.75, 3.05) is 12.4 Å². The van der Waals surface area contributed by atoms with E-state index < -0.39 is 0 Å². The molecule has 1 fully saturated rings. The van der Waals surface area contributed by atoms with Gasteiger partial charge >= 0.3 is 6.03 Å². The Morgan fingerprint density at radius 1 is 1.35 bits per heavy atom. The first-order chi connectivity index (χ1) is 11.3. The van der Waals surface area contributed by atoms with Crippen molar-refractivity contribution in [3.05, 3.63) is 30.1 Å². The van der Waals surface area contributed by atoms with Gasteiger partial charge in [-0.2, -0.15) is 0 Å². The molecule has 1 aliphatic rings. The molecule has 0 bridgehead atoms. The minimum absolute atomic E-state index is 0.0922. The van der Waals surface area contributed by atoms with Crippen LogP contribution in [0.4, 0.5) is 4.79 Å². The lowest BCUT2D eigenvalue weighted by Gasteiger charge is -2.28. The third kappa shape index (κ3) is 4.16. The van der Waals surface area contributed by atoms with E-state index in [0.29, 0.717) is 18.3 Å². The second kappa shape index (κ2) is 7.68. The zero-order valence-electron chi connectivity index (χ0n) is 13.1. The number of aromatic amines is 1. The Morgan fingerprint density at radius 3 is 3.04 bits per heavy atom. The lowest BCUT2D eigenvalue weighted by Crippen LogP contribution is -2.44. The highest BCUT2D eigenvalue weighted by molar-refractivity contribution is 6.17. The number of imidazole rings is 1. The molecule has 6 heteroatoms. The Bertz CT molecular complexity index is 624. The fourth-order valence-electron chi connectivity index (χ4n) is 3.24. The van der Waals surface area contributed by atoms with Gasteiger partial charge in [0.2, 0.25) is 0 Å². The van der Waals surface area contributed by atoms with E-state index in [0.717, 1.165) is 49.0 Å². The van der Waals surface area contributed by atoms with Crippen molar-refractivity contribution in [3.8, 4) is 0 Å². The highest BCUT2D eigenvalue weighted by Crippen LogP contribution is 2.32. The molecule has 1 aromatic heterocycles. The fourth-order valence-corrected chi connectivity index (χ4v) is 3.37. The molecule has 0 unspecified atom stereocenters. The molecule has 5 nitrogen and oxygen atoms in total. The number of urea groups is 1. The molecule has 3 rings (SSSR count). The maximum Gasteiger partial charge on any atom is 0.315 e. The van der Waals surface area contributed by atoms with Crippen LogP contribution in [0.5, 0.6) is 0 Å². The van der Waals surface area contributed by atoms with Gasteiger partial charge in [0.1, 0.15) is 5.82 Å². The summed E-state index contributed by atoms with van der Waals surface area (Å²) in [7, 11) is 0. The van der Waals surface area contributed by atoms with E-state index in [-0.39, 0.29) is 12.1 Å². The second-order valence-corrected chi connectivity index (χ2v) is 6.52. The normalized spacial score (nSPS) is 21.3. The molecule has 124 valence electrons. The average molecular weight is 335 g/mol. The third-order valence-electron chi connectivity index (χ3n) is 4.40. The van der Waals surface area contributed by atoms with Gasteiger partial charge in [0.15, 0.2) is 0 Å². The molecule has 0 radical (unpaired) electrons. The zero-order chi connectivity index (χ0) is 16.1. The highest BCUT2D eigenvalue weighted by Gasteiger charge is 2.26. The molecule has 0 spiro atoms. The van der Waals surface area contributed by atoms with Gasteiger partial charge in [-0.3, -0.25) is 0 Å². The number of para-hydroxylation sites is 2. The number of hydrogen-bond acceptors (Lipinski definition) is 2. The maximum atomic E-state index is 11.9. The average Bonchev–Trinajstić information content (AvgIpc) is 2.99. The summed E-state index contributed by atoms with van der Waals surface area (Å²) in [6.07, 6.45) is 4.98. The smallest absolute Gasteiger partial charge is 0.315 e. The van der Waals surface area contributed by atoms with Crippen LogP contribution in [0.15, 0.2) is 24.3 Å². The number of hydrogen-bond donors (Lipinski definition) is 3. The number of rotatable bonds is 5. The van der Waals surface area contributed by atoms with Crippen molar-refractivity contribution < 1.29 is 4.79 Å². The Morgan fingerprint density at radius 2 is 2.22 bits per heavy atom. The van der Waals surface area contributed by atoms with E-state index in [1.807, 2.05) is 18.2 Å². The summed E-state index contributed by atoms with van der Waals surface area (Å²) in [5.41, 5.74) is 2.09. The molecule has 3 N–H and O–H groups in total. The van der Waals surface area contributed by atoms with Crippen molar-refractivity contribution in [1.29, 1.82) is 0 Å². The molecular formula is C17H23ClN4O. The number of alkyl halides is 1. The molecule has 1 aromatic carbocycles. The SMILES string of the molecule is O=C(NCCCCl)N[C@@H]1CCC[C@H](c2nc3ccccc3[nH]2)C1. The number of benzene rings is 1. The first-order valence-electron chi connectivity index (χ1n) is 8.31. The number of halogens is 1. The van der Waals surface area contributed by atoms with E-state index >= 15 is 0 Å². The largest absolute Gasteiger partial charge is 0.342 e.